The van der Waals surface area contributed by atoms with Crippen LogP contribution in [0, 0.1) is 0 Å². The van der Waals surface area contributed by atoms with Gasteiger partial charge in [-0.25, -0.2) is 0 Å². The van der Waals surface area contributed by atoms with E-state index in [1.54, 1.807) is 42.5 Å². The standard InChI is InChI=1S/C40H22O15/c41-27-18-10-4-1-3-9-7-15-13(8-12(9)10)16-11(5-2-6-14(16)55-15)17-20(27)22(30(44)29(18)43)19(23-21(17)31(45)37(51)38(52)32(23)46)24-28(42)25-26(34(48)33(24)47)36(50)40(54)39(53)35(25)49/h1-8,41-54H. The van der Waals surface area contributed by atoms with Crippen molar-refractivity contribution in [1.82, 2.24) is 0 Å². The molecule has 1 aromatic heterocycles. The third kappa shape index (κ3) is 3.44. The first-order chi connectivity index (χ1) is 26.2. The fourth-order valence-electron chi connectivity index (χ4n) is 8.30. The molecule has 0 saturated heterocycles. The van der Waals surface area contributed by atoms with E-state index in [9.17, 15) is 71.5 Å². The van der Waals surface area contributed by atoms with Gasteiger partial charge in [-0.2, -0.15) is 0 Å². The first kappa shape index (κ1) is 31.5. The van der Waals surface area contributed by atoms with E-state index >= 15 is 0 Å². The summed E-state index contributed by atoms with van der Waals surface area (Å²) in [5.74, 6) is -17.2. The lowest BCUT2D eigenvalue weighted by atomic mass is 9.83. The molecule has 1 heterocycles. The zero-order chi connectivity index (χ0) is 38.8. The van der Waals surface area contributed by atoms with Crippen LogP contribution < -0.4 is 0 Å². The Hall–Kier alpha value is -8.20. The van der Waals surface area contributed by atoms with E-state index < -0.39 is 124 Å². The average Bonchev–Trinajstić information content (AvgIpc) is 3.54. The smallest absolute Gasteiger partial charge is 0.205 e. The van der Waals surface area contributed by atoms with Crippen molar-refractivity contribution in [3.8, 4) is 91.6 Å². The second kappa shape index (κ2) is 9.81. The van der Waals surface area contributed by atoms with E-state index in [2.05, 4.69) is 0 Å². The van der Waals surface area contributed by atoms with Crippen LogP contribution in [0.3, 0.4) is 0 Å². The average molecular weight is 743 g/mol. The topological polar surface area (TPSA) is 296 Å². The largest absolute Gasteiger partial charge is 0.506 e. The summed E-state index contributed by atoms with van der Waals surface area (Å²) in [7, 11) is 0. The predicted molar refractivity (Wildman–Crippen MR) is 199 cm³/mol. The van der Waals surface area contributed by atoms with Gasteiger partial charge in [0.25, 0.3) is 0 Å². The Morgan fingerprint density at radius 1 is 0.273 bits per heavy atom. The number of fused-ring (bicyclic) bond motifs is 6. The lowest BCUT2D eigenvalue weighted by Crippen LogP contribution is -1.95. The summed E-state index contributed by atoms with van der Waals surface area (Å²) < 4.78 is 6.23. The van der Waals surface area contributed by atoms with Crippen molar-refractivity contribution in [1.29, 1.82) is 0 Å². The lowest BCUT2D eigenvalue weighted by Gasteiger charge is -2.23. The van der Waals surface area contributed by atoms with Crippen LogP contribution in [0.4, 0.5) is 0 Å². The molecule has 0 aliphatic heterocycles. The second-order valence-corrected chi connectivity index (χ2v) is 13.3. The number of hydrogen-bond donors (Lipinski definition) is 14. The Morgan fingerprint density at radius 3 is 1.42 bits per heavy atom. The molecule has 0 atom stereocenters. The van der Waals surface area contributed by atoms with Crippen LogP contribution in [0.2, 0.25) is 0 Å². The van der Waals surface area contributed by atoms with E-state index in [-0.39, 0.29) is 27.1 Å². The monoisotopic (exact) mass is 742 g/mol. The van der Waals surface area contributed by atoms with Crippen LogP contribution in [0.5, 0.6) is 80.5 Å². The van der Waals surface area contributed by atoms with Crippen LogP contribution in [0.1, 0.15) is 0 Å². The summed E-state index contributed by atoms with van der Waals surface area (Å²) in [4.78, 5) is 0. The number of aromatic hydroxyl groups is 14. The predicted octanol–water partition coefficient (Wildman–Crippen LogP) is 7.49. The zero-order valence-corrected chi connectivity index (χ0v) is 27.3. The molecule has 9 aromatic carbocycles. The van der Waals surface area contributed by atoms with Crippen molar-refractivity contribution in [3.05, 3.63) is 48.5 Å². The molecule has 4 bridgehead atoms. The van der Waals surface area contributed by atoms with Gasteiger partial charge in [-0.1, -0.05) is 30.3 Å². The fourth-order valence-corrected chi connectivity index (χ4v) is 8.30. The Kier molecular flexibility index (Phi) is 5.62. The molecule has 14 N–H and O–H groups in total. The summed E-state index contributed by atoms with van der Waals surface area (Å²) in [6.07, 6.45) is 0. The lowest BCUT2D eigenvalue weighted by molar-refractivity contribution is 0.347. The molecule has 0 aliphatic rings. The zero-order valence-electron chi connectivity index (χ0n) is 27.3. The highest BCUT2D eigenvalue weighted by Crippen LogP contribution is 2.65. The van der Waals surface area contributed by atoms with Crippen LogP contribution in [-0.4, -0.2) is 71.5 Å². The maximum absolute atomic E-state index is 12.5. The number of benzene rings is 8. The minimum absolute atomic E-state index is 0.139. The second-order valence-electron chi connectivity index (χ2n) is 13.3. The quantitative estimate of drug-likeness (QED) is 0.0440. The number of phenols is 14. The van der Waals surface area contributed by atoms with Gasteiger partial charge in [-0.3, -0.25) is 0 Å². The Bertz CT molecular complexity index is 3470. The Labute approximate surface area is 302 Å². The summed E-state index contributed by atoms with van der Waals surface area (Å²) in [5.41, 5.74) is -1.20. The Morgan fingerprint density at radius 2 is 0.764 bits per heavy atom. The van der Waals surface area contributed by atoms with Gasteiger partial charge in [0, 0.05) is 43.3 Å². The molecule has 0 amide bonds. The van der Waals surface area contributed by atoms with Gasteiger partial charge >= 0.3 is 0 Å². The van der Waals surface area contributed by atoms with Crippen molar-refractivity contribution in [2.75, 3.05) is 0 Å². The fraction of sp³-hybridized carbons (Fsp3) is 0. The molecule has 0 unspecified atom stereocenters. The van der Waals surface area contributed by atoms with E-state index in [0.29, 0.717) is 27.1 Å². The molecule has 0 fully saturated rings. The highest BCUT2D eigenvalue weighted by molar-refractivity contribution is 6.39. The molecule has 0 spiro atoms. The minimum Gasteiger partial charge on any atom is -0.506 e. The first-order valence-corrected chi connectivity index (χ1v) is 16.2. The molecule has 55 heavy (non-hydrogen) atoms. The molecule has 15 nitrogen and oxygen atoms in total. The number of hydrogen-bond acceptors (Lipinski definition) is 15. The third-order valence-corrected chi connectivity index (χ3v) is 10.7. The molecule has 10 aromatic rings. The number of furan rings is 1. The van der Waals surface area contributed by atoms with E-state index in [0.717, 1.165) is 0 Å². The van der Waals surface area contributed by atoms with Crippen molar-refractivity contribution in [2.24, 2.45) is 0 Å². The van der Waals surface area contributed by atoms with Gasteiger partial charge in [0.05, 0.1) is 21.7 Å². The highest BCUT2D eigenvalue weighted by Gasteiger charge is 2.36. The van der Waals surface area contributed by atoms with Gasteiger partial charge in [0.2, 0.25) is 23.0 Å². The summed E-state index contributed by atoms with van der Waals surface area (Å²) in [6, 6.07) is 13.1. The van der Waals surface area contributed by atoms with Crippen LogP contribution in [-0.2, 0) is 0 Å². The van der Waals surface area contributed by atoms with E-state index in [1.807, 2.05) is 0 Å². The molecule has 10 rings (SSSR count). The summed E-state index contributed by atoms with van der Waals surface area (Å²) in [6.45, 7) is 0. The normalized spacial score (nSPS) is 12.3. The SMILES string of the molecule is Oc1c(O)c(O)c2c(O)c(-c3c4c(O)c(O)c(O)c(O)c4c4c5cccc6oc7cc8cccc(c9c(O)c(O)c3c4c9O)c8cc7c65)c(O)c(O)c2c1O. The molecule has 272 valence electrons. The van der Waals surface area contributed by atoms with Crippen molar-refractivity contribution in [3.63, 3.8) is 0 Å². The van der Waals surface area contributed by atoms with Gasteiger partial charge in [-0.05, 0) is 39.7 Å². The van der Waals surface area contributed by atoms with Crippen LogP contribution >= 0.6 is 0 Å². The van der Waals surface area contributed by atoms with Crippen molar-refractivity contribution < 1.29 is 75.9 Å². The first-order valence-electron chi connectivity index (χ1n) is 16.2. The summed E-state index contributed by atoms with van der Waals surface area (Å²) in [5, 5.41) is 156. The molecule has 0 aliphatic carbocycles. The van der Waals surface area contributed by atoms with Gasteiger partial charge in [0.15, 0.2) is 46.0 Å². The van der Waals surface area contributed by atoms with E-state index in [1.165, 1.54) is 6.07 Å². The maximum atomic E-state index is 12.5. The van der Waals surface area contributed by atoms with Gasteiger partial charge in [0.1, 0.15) is 22.7 Å². The summed E-state index contributed by atoms with van der Waals surface area (Å²) >= 11 is 0. The molecule has 0 saturated carbocycles. The minimum atomic E-state index is -1.38. The van der Waals surface area contributed by atoms with Crippen LogP contribution in [0.15, 0.2) is 52.9 Å². The van der Waals surface area contributed by atoms with Crippen LogP contribution in [0.25, 0.3) is 97.7 Å². The van der Waals surface area contributed by atoms with Gasteiger partial charge in [-0.15, -0.1) is 0 Å². The van der Waals surface area contributed by atoms with E-state index in [4.69, 9.17) is 4.42 Å². The van der Waals surface area contributed by atoms with Crippen molar-refractivity contribution >= 4 is 86.6 Å². The third-order valence-electron chi connectivity index (χ3n) is 10.7. The number of phenolic OH excluding ortho intramolecular Hbond substituents is 14. The molecule has 15 heteroatoms. The van der Waals surface area contributed by atoms with Gasteiger partial charge < -0.3 is 75.9 Å². The molecule has 0 radical (unpaired) electrons. The highest BCUT2D eigenvalue weighted by atomic mass is 16.4. The Balaban J connectivity index is 1.65. The maximum Gasteiger partial charge on any atom is 0.205 e. The molecular weight excluding hydrogens is 720 g/mol. The number of rotatable bonds is 1. The molecular formula is C40H22O15. The van der Waals surface area contributed by atoms with Crippen molar-refractivity contribution in [2.45, 2.75) is 0 Å².